The molecule has 1 aromatic carbocycles. The zero-order chi connectivity index (χ0) is 19.1. The molecule has 8 nitrogen and oxygen atoms in total. The summed E-state index contributed by atoms with van der Waals surface area (Å²) in [6.07, 6.45) is 0.860. The Balaban J connectivity index is 1.93. The first-order chi connectivity index (χ1) is 12.2. The number of amides is 2. The van der Waals surface area contributed by atoms with E-state index in [4.69, 9.17) is 0 Å². The molecule has 1 unspecified atom stereocenters. The number of hydrogen-bond acceptors (Lipinski definition) is 5. The van der Waals surface area contributed by atoms with E-state index in [2.05, 4.69) is 0 Å². The van der Waals surface area contributed by atoms with E-state index in [1.165, 1.54) is 17.0 Å². The van der Waals surface area contributed by atoms with Crippen molar-refractivity contribution in [3.8, 4) is 0 Å². The van der Waals surface area contributed by atoms with Crippen LogP contribution in [0.2, 0.25) is 0 Å². The number of aliphatic carboxylic acids is 1. The van der Waals surface area contributed by atoms with E-state index in [-0.39, 0.29) is 24.3 Å². The highest BCUT2D eigenvalue weighted by molar-refractivity contribution is 7.89. The van der Waals surface area contributed by atoms with Gasteiger partial charge >= 0.3 is 5.97 Å². The lowest BCUT2D eigenvalue weighted by Gasteiger charge is -2.29. The van der Waals surface area contributed by atoms with Crippen LogP contribution in [0.1, 0.15) is 31.2 Å². The minimum absolute atomic E-state index is 0.0611. The second-order valence-electron chi connectivity index (χ2n) is 6.59. The average Bonchev–Trinajstić information content (AvgIpc) is 3.21. The number of nitrogens with zero attached hydrogens (tertiary/aromatic N) is 2. The minimum atomic E-state index is -4.18. The molecule has 3 rings (SSSR count). The first kappa shape index (κ1) is 18.4. The van der Waals surface area contributed by atoms with Crippen molar-refractivity contribution in [2.24, 2.45) is 0 Å². The van der Waals surface area contributed by atoms with E-state index >= 15 is 0 Å². The third-order valence-corrected chi connectivity index (χ3v) is 6.69. The number of hydrogen-bond donors (Lipinski definition) is 1. The number of benzene rings is 1. The highest BCUT2D eigenvalue weighted by atomic mass is 32.2. The summed E-state index contributed by atoms with van der Waals surface area (Å²) in [5.41, 5.74) is 0.866. The van der Waals surface area contributed by atoms with Crippen molar-refractivity contribution in [1.29, 1.82) is 0 Å². The van der Waals surface area contributed by atoms with Crippen LogP contribution in [-0.4, -0.2) is 59.1 Å². The summed E-state index contributed by atoms with van der Waals surface area (Å²) < 4.78 is 26.5. The van der Waals surface area contributed by atoms with E-state index in [1.54, 1.807) is 12.1 Å². The molecule has 2 aliphatic heterocycles. The molecular formula is C17H20N2O6S. The third-order valence-electron chi connectivity index (χ3n) is 4.84. The highest BCUT2D eigenvalue weighted by Crippen LogP contribution is 2.30. The molecule has 2 heterocycles. The van der Waals surface area contributed by atoms with Crippen LogP contribution >= 0.6 is 0 Å². The molecule has 1 aromatic rings. The Bertz CT molecular complexity index is 849. The molecule has 2 amide bonds. The fourth-order valence-corrected chi connectivity index (χ4v) is 5.09. The Morgan fingerprint density at radius 3 is 2.38 bits per heavy atom. The lowest BCUT2D eigenvalue weighted by Crippen LogP contribution is -2.51. The predicted molar refractivity (Wildman–Crippen MR) is 90.6 cm³/mol. The predicted octanol–water partition coefficient (Wildman–Crippen LogP) is 0.750. The monoisotopic (exact) mass is 380 g/mol. The fraction of sp³-hybridized carbons (Fsp3) is 0.471. The van der Waals surface area contributed by atoms with Gasteiger partial charge in [-0.1, -0.05) is 17.7 Å². The van der Waals surface area contributed by atoms with Gasteiger partial charge in [-0.3, -0.25) is 9.59 Å². The molecule has 0 bridgehead atoms. The van der Waals surface area contributed by atoms with E-state index in [1.807, 2.05) is 6.92 Å². The summed E-state index contributed by atoms with van der Waals surface area (Å²) >= 11 is 0. The number of rotatable bonds is 4. The molecular weight excluding hydrogens is 360 g/mol. The van der Waals surface area contributed by atoms with Gasteiger partial charge in [0.15, 0.2) is 0 Å². The SMILES string of the molecule is Cc1ccc(S(=O)(=O)N2C(=O)CC[C@H]2C(=O)N2CCCC2C(=O)O)cc1. The van der Waals surface area contributed by atoms with Gasteiger partial charge in [0.05, 0.1) is 4.90 Å². The van der Waals surface area contributed by atoms with Crippen molar-refractivity contribution in [1.82, 2.24) is 9.21 Å². The molecule has 9 heteroatoms. The fourth-order valence-electron chi connectivity index (χ4n) is 3.49. The van der Waals surface area contributed by atoms with Gasteiger partial charge in [0.2, 0.25) is 11.8 Å². The number of likely N-dealkylation sites (tertiary alicyclic amines) is 1. The summed E-state index contributed by atoms with van der Waals surface area (Å²) in [5, 5.41) is 9.26. The first-order valence-electron chi connectivity index (χ1n) is 8.40. The summed E-state index contributed by atoms with van der Waals surface area (Å²) in [4.78, 5) is 37.6. The molecule has 0 aliphatic carbocycles. The Morgan fingerprint density at radius 1 is 1.12 bits per heavy atom. The van der Waals surface area contributed by atoms with Gasteiger partial charge in [-0.2, -0.15) is 0 Å². The number of aryl methyl sites for hydroxylation is 1. The lowest BCUT2D eigenvalue weighted by atomic mass is 10.1. The number of sulfonamides is 1. The quantitative estimate of drug-likeness (QED) is 0.825. The maximum Gasteiger partial charge on any atom is 0.326 e. The van der Waals surface area contributed by atoms with Crippen molar-refractivity contribution in [2.45, 2.75) is 49.6 Å². The molecule has 0 saturated carbocycles. The Labute approximate surface area is 151 Å². The number of carboxylic acids is 1. The second kappa shape index (κ2) is 6.71. The van der Waals surface area contributed by atoms with Crippen LogP contribution in [0.15, 0.2) is 29.2 Å². The standard InChI is InChI=1S/C17H20N2O6S/c1-11-4-6-12(7-5-11)26(24,25)19-13(8-9-15(19)20)16(21)18-10-2-3-14(18)17(22)23/h4-7,13-14H,2-3,8-10H2,1H3,(H,22,23)/t13-,14?/m0/s1. The van der Waals surface area contributed by atoms with Gasteiger partial charge in [0.1, 0.15) is 12.1 Å². The van der Waals surface area contributed by atoms with Gasteiger partial charge in [-0.15, -0.1) is 0 Å². The van der Waals surface area contributed by atoms with Crippen LogP contribution in [0.4, 0.5) is 0 Å². The molecule has 26 heavy (non-hydrogen) atoms. The summed E-state index contributed by atoms with van der Waals surface area (Å²) in [5.74, 6) is -2.38. The van der Waals surface area contributed by atoms with Crippen molar-refractivity contribution in [3.63, 3.8) is 0 Å². The van der Waals surface area contributed by atoms with E-state index in [0.29, 0.717) is 17.1 Å². The first-order valence-corrected chi connectivity index (χ1v) is 9.84. The smallest absolute Gasteiger partial charge is 0.326 e. The molecule has 0 radical (unpaired) electrons. The molecule has 2 fully saturated rings. The molecule has 0 aromatic heterocycles. The normalized spacial score (nSPS) is 23.5. The van der Waals surface area contributed by atoms with Gasteiger partial charge in [-0.25, -0.2) is 17.5 Å². The van der Waals surface area contributed by atoms with Gasteiger partial charge in [0, 0.05) is 13.0 Å². The Morgan fingerprint density at radius 2 is 1.77 bits per heavy atom. The molecule has 2 aliphatic rings. The van der Waals surface area contributed by atoms with Crippen LogP contribution in [-0.2, 0) is 24.4 Å². The van der Waals surface area contributed by atoms with Crippen LogP contribution < -0.4 is 0 Å². The van der Waals surface area contributed by atoms with Gasteiger partial charge in [0.25, 0.3) is 10.0 Å². The van der Waals surface area contributed by atoms with Crippen molar-refractivity contribution in [2.75, 3.05) is 6.54 Å². The van der Waals surface area contributed by atoms with Crippen LogP contribution in [0, 0.1) is 6.92 Å². The molecule has 2 atom stereocenters. The Kier molecular flexibility index (Phi) is 4.74. The number of carbonyl (C=O) groups excluding carboxylic acids is 2. The lowest BCUT2D eigenvalue weighted by molar-refractivity contribution is -0.149. The Hall–Kier alpha value is -2.42. The highest BCUT2D eigenvalue weighted by Gasteiger charge is 2.48. The number of carboxylic acid groups (broad SMARTS) is 1. The van der Waals surface area contributed by atoms with E-state index < -0.39 is 39.9 Å². The largest absolute Gasteiger partial charge is 0.480 e. The third kappa shape index (κ3) is 3.07. The maximum atomic E-state index is 12.9. The summed E-state index contributed by atoms with van der Waals surface area (Å²) in [6, 6.07) is 3.87. The molecule has 2 saturated heterocycles. The number of carbonyl (C=O) groups is 3. The van der Waals surface area contributed by atoms with Crippen molar-refractivity contribution < 1.29 is 27.9 Å². The molecule has 0 spiro atoms. The second-order valence-corrected chi connectivity index (χ2v) is 8.40. The average molecular weight is 380 g/mol. The topological polar surface area (TPSA) is 112 Å². The summed E-state index contributed by atoms with van der Waals surface area (Å²) in [6.45, 7) is 2.06. The van der Waals surface area contributed by atoms with Crippen molar-refractivity contribution >= 4 is 27.8 Å². The van der Waals surface area contributed by atoms with E-state index in [9.17, 15) is 27.9 Å². The van der Waals surface area contributed by atoms with E-state index in [0.717, 1.165) is 5.56 Å². The van der Waals surface area contributed by atoms with Gasteiger partial charge < -0.3 is 10.0 Å². The van der Waals surface area contributed by atoms with Crippen molar-refractivity contribution in [3.05, 3.63) is 29.8 Å². The zero-order valence-corrected chi connectivity index (χ0v) is 15.1. The maximum absolute atomic E-state index is 12.9. The van der Waals surface area contributed by atoms with Gasteiger partial charge in [-0.05, 0) is 38.3 Å². The zero-order valence-electron chi connectivity index (χ0n) is 14.3. The summed E-state index contributed by atoms with van der Waals surface area (Å²) in [7, 11) is -4.18. The minimum Gasteiger partial charge on any atom is -0.480 e. The van der Waals surface area contributed by atoms with Crippen LogP contribution in [0.3, 0.4) is 0 Å². The van der Waals surface area contributed by atoms with Crippen LogP contribution in [0.25, 0.3) is 0 Å². The molecule has 1 N–H and O–H groups in total. The van der Waals surface area contributed by atoms with Crippen LogP contribution in [0.5, 0.6) is 0 Å². The molecule has 140 valence electrons.